The number of nitrogens with zero attached hydrogens (tertiary/aromatic N) is 2. The molecule has 6 nitrogen and oxygen atoms in total. The number of nitrogens with two attached hydrogens (primary N) is 2. The third kappa shape index (κ3) is 2.77. The van der Waals surface area contributed by atoms with Gasteiger partial charge in [-0.2, -0.15) is 33.2 Å². The maximum Gasteiger partial charge on any atom is 0.205 e. The molecule has 2 aliphatic rings. The van der Waals surface area contributed by atoms with E-state index in [-0.39, 0.29) is 11.8 Å². The van der Waals surface area contributed by atoms with E-state index in [1.54, 1.807) is 22.7 Å². The number of fused-ring (bicyclic) bond motifs is 6. The van der Waals surface area contributed by atoms with Gasteiger partial charge in [0, 0.05) is 11.1 Å². The number of ether oxygens (including phenoxy) is 2. The Hall–Kier alpha value is -4.24. The number of hydrogen-bond acceptors (Lipinski definition) is 8. The summed E-state index contributed by atoms with van der Waals surface area (Å²) in [5.74, 6) is 0.103. The van der Waals surface area contributed by atoms with Crippen molar-refractivity contribution < 1.29 is 9.47 Å². The summed E-state index contributed by atoms with van der Waals surface area (Å²) in [5.41, 5.74) is 16.8. The molecule has 4 heterocycles. The Morgan fingerprint density at radius 3 is 1.50 bits per heavy atom. The van der Waals surface area contributed by atoms with Crippen molar-refractivity contribution in [1.82, 2.24) is 0 Å². The zero-order valence-electron chi connectivity index (χ0n) is 17.6. The van der Waals surface area contributed by atoms with Gasteiger partial charge in [0.25, 0.3) is 0 Å². The lowest BCUT2D eigenvalue weighted by Gasteiger charge is -2.34. The molecule has 34 heavy (non-hydrogen) atoms. The second-order valence-corrected chi connectivity index (χ2v) is 9.55. The first-order valence-electron chi connectivity index (χ1n) is 10.4. The van der Waals surface area contributed by atoms with Gasteiger partial charge >= 0.3 is 0 Å². The van der Waals surface area contributed by atoms with Crippen molar-refractivity contribution in [3.8, 4) is 23.6 Å². The molecule has 6 rings (SSSR count). The number of benzene rings is 2. The monoisotopic (exact) mass is 480 g/mol. The fourth-order valence-electron chi connectivity index (χ4n) is 4.91. The van der Waals surface area contributed by atoms with Crippen LogP contribution in [-0.4, -0.2) is 0 Å². The molecular weight excluding hydrogens is 464 g/mol. The van der Waals surface area contributed by atoms with Crippen LogP contribution in [0.15, 0.2) is 80.8 Å². The standard InChI is InChI=1S/C26H16N4O2S2/c27-9-17-19(13-5-7-33-11-13)21-15-3-1-2-4-16(15)22-20(14-6-8-34-12-14)18(10-28)26(30)32-24(22)23(21)31-25(17)29/h1-8,11-12,19-20H,29-30H2. The first-order chi connectivity index (χ1) is 16.6. The lowest BCUT2D eigenvalue weighted by atomic mass is 9.76. The molecule has 4 aromatic rings. The summed E-state index contributed by atoms with van der Waals surface area (Å²) in [6, 6.07) is 16.4. The Balaban J connectivity index is 1.76. The molecule has 0 bridgehead atoms. The first-order valence-corrected chi connectivity index (χ1v) is 12.3. The molecule has 8 heteroatoms. The van der Waals surface area contributed by atoms with Crippen LogP contribution in [0.5, 0.6) is 11.5 Å². The predicted octanol–water partition coefficient (Wildman–Crippen LogP) is 5.40. The summed E-state index contributed by atoms with van der Waals surface area (Å²) in [6.07, 6.45) is 0. The molecule has 0 radical (unpaired) electrons. The SMILES string of the molecule is N#CC1=C(N)Oc2c3c(c4ccccc4c2C1c1ccsc1)C(c1ccsc1)C(C#N)=C(N)O3. The third-order valence-corrected chi connectivity index (χ3v) is 7.71. The van der Waals surface area contributed by atoms with Gasteiger partial charge < -0.3 is 20.9 Å². The Bertz CT molecular complexity index is 1480. The average molecular weight is 481 g/mol. The molecule has 0 amide bonds. The highest BCUT2D eigenvalue weighted by Gasteiger charge is 2.41. The van der Waals surface area contributed by atoms with Crippen LogP contribution in [0.25, 0.3) is 10.8 Å². The maximum atomic E-state index is 9.98. The number of allylic oxidation sites excluding steroid dienone is 2. The molecule has 0 spiro atoms. The van der Waals surface area contributed by atoms with Crippen LogP contribution in [0.4, 0.5) is 0 Å². The van der Waals surface area contributed by atoms with Gasteiger partial charge in [-0.15, -0.1) is 0 Å². The summed E-state index contributed by atoms with van der Waals surface area (Å²) < 4.78 is 12.2. The Morgan fingerprint density at radius 1 is 0.706 bits per heavy atom. The van der Waals surface area contributed by atoms with Crippen molar-refractivity contribution in [2.75, 3.05) is 0 Å². The fraction of sp³-hybridized carbons (Fsp3) is 0.0769. The molecular formula is C26H16N4O2S2. The second-order valence-electron chi connectivity index (χ2n) is 7.99. The first kappa shape index (κ1) is 20.4. The van der Waals surface area contributed by atoms with E-state index >= 15 is 0 Å². The van der Waals surface area contributed by atoms with E-state index in [9.17, 15) is 10.5 Å². The normalized spacial score (nSPS) is 19.0. The van der Waals surface area contributed by atoms with Gasteiger partial charge in [0.1, 0.15) is 23.3 Å². The quantitative estimate of drug-likeness (QED) is 0.397. The van der Waals surface area contributed by atoms with E-state index in [2.05, 4.69) is 12.1 Å². The van der Waals surface area contributed by atoms with Gasteiger partial charge in [0.2, 0.25) is 11.8 Å². The number of rotatable bonds is 2. The van der Waals surface area contributed by atoms with Crippen molar-refractivity contribution in [2.24, 2.45) is 11.5 Å². The van der Waals surface area contributed by atoms with Crippen molar-refractivity contribution in [2.45, 2.75) is 11.8 Å². The molecule has 2 unspecified atom stereocenters. The highest BCUT2D eigenvalue weighted by Crippen LogP contribution is 2.57. The van der Waals surface area contributed by atoms with Crippen LogP contribution in [0.3, 0.4) is 0 Å². The smallest absolute Gasteiger partial charge is 0.205 e. The zero-order chi connectivity index (χ0) is 23.4. The Kier molecular flexibility index (Phi) is 4.59. The summed E-state index contributed by atoms with van der Waals surface area (Å²) in [4.78, 5) is 0. The fourth-order valence-corrected chi connectivity index (χ4v) is 6.28. The minimum Gasteiger partial charge on any atom is -0.436 e. The molecule has 164 valence electrons. The number of thiophene rings is 2. The van der Waals surface area contributed by atoms with Gasteiger partial charge in [-0.3, -0.25) is 0 Å². The van der Waals surface area contributed by atoms with Crippen LogP contribution in [0.1, 0.15) is 34.1 Å². The molecule has 0 fully saturated rings. The molecule has 2 aromatic heterocycles. The highest BCUT2D eigenvalue weighted by molar-refractivity contribution is 7.08. The van der Waals surface area contributed by atoms with Crippen LogP contribution < -0.4 is 20.9 Å². The minimum atomic E-state index is -0.416. The van der Waals surface area contributed by atoms with E-state index < -0.39 is 11.8 Å². The average Bonchev–Trinajstić information content (AvgIpc) is 3.57. The molecule has 0 saturated heterocycles. The van der Waals surface area contributed by atoms with Crippen molar-refractivity contribution >= 4 is 33.4 Å². The molecule has 0 aliphatic carbocycles. The van der Waals surface area contributed by atoms with Crippen molar-refractivity contribution in [3.05, 3.63) is 103 Å². The summed E-state index contributed by atoms with van der Waals surface area (Å²) in [6.45, 7) is 0. The highest BCUT2D eigenvalue weighted by atomic mass is 32.1. The van der Waals surface area contributed by atoms with E-state index in [1.807, 2.05) is 57.9 Å². The van der Waals surface area contributed by atoms with E-state index in [1.165, 1.54) is 0 Å². The second kappa shape index (κ2) is 7.67. The summed E-state index contributed by atoms with van der Waals surface area (Å²) >= 11 is 3.10. The summed E-state index contributed by atoms with van der Waals surface area (Å²) in [7, 11) is 0. The number of hydrogen-bond donors (Lipinski definition) is 2. The van der Waals surface area contributed by atoms with Crippen LogP contribution >= 0.6 is 22.7 Å². The molecule has 2 atom stereocenters. The van der Waals surface area contributed by atoms with Crippen LogP contribution in [0.2, 0.25) is 0 Å². The van der Waals surface area contributed by atoms with Gasteiger partial charge in [-0.1, -0.05) is 24.3 Å². The third-order valence-electron chi connectivity index (χ3n) is 6.31. The van der Waals surface area contributed by atoms with Gasteiger partial charge in [-0.05, 0) is 55.6 Å². The molecule has 2 aliphatic heterocycles. The topological polar surface area (TPSA) is 118 Å². The minimum absolute atomic E-state index is 0.0352. The van der Waals surface area contributed by atoms with Crippen LogP contribution in [0, 0.1) is 22.7 Å². The van der Waals surface area contributed by atoms with E-state index in [0.717, 1.165) is 33.0 Å². The molecule has 0 saturated carbocycles. The van der Waals surface area contributed by atoms with Crippen molar-refractivity contribution in [1.29, 1.82) is 10.5 Å². The largest absolute Gasteiger partial charge is 0.436 e. The molecule has 2 aromatic carbocycles. The summed E-state index contributed by atoms with van der Waals surface area (Å²) in [5, 5.41) is 29.8. The van der Waals surface area contributed by atoms with E-state index in [0.29, 0.717) is 22.6 Å². The maximum absolute atomic E-state index is 9.98. The van der Waals surface area contributed by atoms with Gasteiger partial charge in [-0.25, -0.2) is 0 Å². The lowest BCUT2D eigenvalue weighted by molar-refractivity contribution is 0.337. The van der Waals surface area contributed by atoms with Crippen LogP contribution in [-0.2, 0) is 0 Å². The Morgan fingerprint density at radius 2 is 1.15 bits per heavy atom. The van der Waals surface area contributed by atoms with Gasteiger partial charge in [0.05, 0.1) is 11.8 Å². The Labute approximate surface area is 203 Å². The van der Waals surface area contributed by atoms with E-state index in [4.69, 9.17) is 20.9 Å². The van der Waals surface area contributed by atoms with Crippen molar-refractivity contribution in [3.63, 3.8) is 0 Å². The number of nitriles is 2. The molecule has 4 N–H and O–H groups in total. The lowest BCUT2D eigenvalue weighted by Crippen LogP contribution is -2.26. The van der Waals surface area contributed by atoms with Gasteiger partial charge in [0.15, 0.2) is 11.5 Å². The zero-order valence-corrected chi connectivity index (χ0v) is 19.2. The predicted molar refractivity (Wildman–Crippen MR) is 131 cm³/mol.